The summed E-state index contributed by atoms with van der Waals surface area (Å²) >= 11 is 5.85. The van der Waals surface area contributed by atoms with Gasteiger partial charge in [-0.2, -0.15) is 0 Å². The summed E-state index contributed by atoms with van der Waals surface area (Å²) in [5.74, 6) is 5.19. The summed E-state index contributed by atoms with van der Waals surface area (Å²) in [6.07, 6.45) is 3.22. The van der Waals surface area contributed by atoms with E-state index in [2.05, 4.69) is 17.7 Å². The summed E-state index contributed by atoms with van der Waals surface area (Å²) < 4.78 is 0. The molecule has 0 bridgehead atoms. The number of unbranched alkanes of at least 4 members (excludes halogenated alkanes) is 2. The van der Waals surface area contributed by atoms with E-state index in [1.807, 2.05) is 0 Å². The molecule has 0 fully saturated rings. The summed E-state index contributed by atoms with van der Waals surface area (Å²) in [5, 5.41) is 3.36. The van der Waals surface area contributed by atoms with Crippen molar-refractivity contribution in [3.63, 3.8) is 0 Å². The number of benzene rings is 1. The van der Waals surface area contributed by atoms with Crippen molar-refractivity contribution >= 4 is 23.2 Å². The number of nitrogens with two attached hydrogens (primary N) is 1. The number of carbonyl (C=O) groups is 1. The van der Waals surface area contributed by atoms with Gasteiger partial charge in [-0.25, -0.2) is 0 Å². The first-order valence-corrected chi connectivity index (χ1v) is 6.11. The molecule has 0 radical (unpaired) electrons. The third-order valence-electron chi connectivity index (χ3n) is 2.45. The zero-order chi connectivity index (χ0) is 12.7. The van der Waals surface area contributed by atoms with Crippen molar-refractivity contribution in [3.8, 4) is 0 Å². The molecule has 0 aliphatic heterocycles. The van der Waals surface area contributed by atoms with Gasteiger partial charge in [-0.1, -0.05) is 31.4 Å². The van der Waals surface area contributed by atoms with Crippen LogP contribution in [0, 0.1) is 0 Å². The summed E-state index contributed by atoms with van der Waals surface area (Å²) in [4.78, 5) is 11.9. The summed E-state index contributed by atoms with van der Waals surface area (Å²) in [5.41, 5.74) is 3.53. The lowest BCUT2D eigenvalue weighted by molar-refractivity contribution is 0.0953. The number of halogens is 1. The van der Waals surface area contributed by atoms with Gasteiger partial charge in [0.05, 0.1) is 11.3 Å². The van der Waals surface area contributed by atoms with E-state index in [1.54, 1.807) is 18.2 Å². The van der Waals surface area contributed by atoms with Gasteiger partial charge in [0, 0.05) is 11.6 Å². The number of hydrogen-bond donors (Lipinski definition) is 3. The first kappa shape index (κ1) is 13.8. The molecule has 4 nitrogen and oxygen atoms in total. The molecule has 0 aliphatic carbocycles. The minimum absolute atomic E-state index is 0.156. The lowest BCUT2D eigenvalue weighted by Crippen LogP contribution is -2.26. The summed E-state index contributed by atoms with van der Waals surface area (Å²) in [7, 11) is 0. The number of anilines is 1. The Labute approximate surface area is 106 Å². The van der Waals surface area contributed by atoms with Crippen LogP contribution in [0.1, 0.15) is 36.5 Å². The van der Waals surface area contributed by atoms with Gasteiger partial charge in [0.25, 0.3) is 5.91 Å². The van der Waals surface area contributed by atoms with Gasteiger partial charge < -0.3 is 10.7 Å². The predicted octanol–water partition coefficient (Wildman–Crippen LogP) is 2.55. The van der Waals surface area contributed by atoms with Gasteiger partial charge in [-0.3, -0.25) is 10.6 Å². The Bertz CT molecular complexity index is 382. The normalized spacial score (nSPS) is 10.1. The Morgan fingerprint density at radius 3 is 2.82 bits per heavy atom. The molecule has 0 aromatic heterocycles. The molecule has 5 heteroatoms. The van der Waals surface area contributed by atoms with Crippen molar-refractivity contribution in [2.24, 2.45) is 5.84 Å². The number of amides is 1. The molecule has 0 saturated heterocycles. The Balaban J connectivity index is 2.64. The highest BCUT2D eigenvalue weighted by molar-refractivity contribution is 6.31. The SMILES string of the molecule is CCCCCNC(=O)c1cc(Cl)ccc1NN. The van der Waals surface area contributed by atoms with E-state index >= 15 is 0 Å². The molecule has 1 aromatic carbocycles. The minimum atomic E-state index is -0.156. The van der Waals surface area contributed by atoms with Crippen molar-refractivity contribution in [2.75, 3.05) is 12.0 Å². The van der Waals surface area contributed by atoms with Gasteiger partial charge in [0.15, 0.2) is 0 Å². The Kier molecular flexibility index (Phi) is 5.80. The van der Waals surface area contributed by atoms with Crippen LogP contribution in [0.25, 0.3) is 0 Å². The molecule has 0 unspecified atom stereocenters. The third-order valence-corrected chi connectivity index (χ3v) is 2.68. The third kappa shape index (κ3) is 4.24. The summed E-state index contributed by atoms with van der Waals surface area (Å²) in [6.45, 7) is 2.79. The topological polar surface area (TPSA) is 67.2 Å². The van der Waals surface area contributed by atoms with Gasteiger partial charge in [-0.05, 0) is 24.6 Å². The molecule has 1 rings (SSSR count). The number of rotatable bonds is 6. The van der Waals surface area contributed by atoms with E-state index in [4.69, 9.17) is 17.4 Å². The molecule has 1 amide bonds. The summed E-state index contributed by atoms with van der Waals surface area (Å²) in [6, 6.07) is 4.97. The van der Waals surface area contributed by atoms with Crippen molar-refractivity contribution in [1.82, 2.24) is 5.32 Å². The van der Waals surface area contributed by atoms with Crippen molar-refractivity contribution in [3.05, 3.63) is 28.8 Å². The molecule has 17 heavy (non-hydrogen) atoms. The average molecular weight is 256 g/mol. The van der Waals surface area contributed by atoms with Crippen LogP contribution >= 0.6 is 11.6 Å². The number of hydrazine groups is 1. The second kappa shape index (κ2) is 7.14. The molecule has 0 aliphatic rings. The van der Waals surface area contributed by atoms with Crippen LogP contribution in [0.3, 0.4) is 0 Å². The van der Waals surface area contributed by atoms with Crippen LogP contribution in [0.15, 0.2) is 18.2 Å². The lowest BCUT2D eigenvalue weighted by atomic mass is 10.1. The van der Waals surface area contributed by atoms with Gasteiger partial charge in [0.2, 0.25) is 0 Å². The van der Waals surface area contributed by atoms with E-state index in [0.717, 1.165) is 19.3 Å². The number of hydrogen-bond acceptors (Lipinski definition) is 3. The van der Waals surface area contributed by atoms with Crippen LogP contribution in [-0.2, 0) is 0 Å². The zero-order valence-corrected chi connectivity index (χ0v) is 10.7. The van der Waals surface area contributed by atoms with E-state index < -0.39 is 0 Å². The van der Waals surface area contributed by atoms with E-state index in [0.29, 0.717) is 22.8 Å². The average Bonchev–Trinajstić information content (AvgIpc) is 2.34. The molecule has 0 heterocycles. The highest BCUT2D eigenvalue weighted by atomic mass is 35.5. The van der Waals surface area contributed by atoms with E-state index in [-0.39, 0.29) is 5.91 Å². The Morgan fingerprint density at radius 1 is 1.41 bits per heavy atom. The molecular formula is C12H18ClN3O. The van der Waals surface area contributed by atoms with Crippen LogP contribution in [0.2, 0.25) is 5.02 Å². The highest BCUT2D eigenvalue weighted by Gasteiger charge is 2.10. The maximum Gasteiger partial charge on any atom is 0.253 e. The molecule has 0 atom stereocenters. The number of nitrogen functional groups attached to an aromatic ring is 1. The minimum Gasteiger partial charge on any atom is -0.352 e. The number of nitrogens with one attached hydrogen (secondary N) is 2. The first-order valence-electron chi connectivity index (χ1n) is 5.73. The van der Waals surface area contributed by atoms with Gasteiger partial charge >= 0.3 is 0 Å². The zero-order valence-electron chi connectivity index (χ0n) is 9.92. The molecule has 0 spiro atoms. The standard InChI is InChI=1S/C12H18ClN3O/c1-2-3-4-7-15-12(17)10-8-9(13)5-6-11(10)16-14/h5-6,8,16H,2-4,7,14H2,1H3,(H,15,17). The molecule has 0 saturated carbocycles. The quantitative estimate of drug-likeness (QED) is 0.416. The maximum absolute atomic E-state index is 11.9. The second-order valence-electron chi connectivity index (χ2n) is 3.80. The number of carbonyl (C=O) groups excluding carboxylic acids is 1. The lowest BCUT2D eigenvalue weighted by Gasteiger charge is -2.09. The van der Waals surface area contributed by atoms with Crippen molar-refractivity contribution in [1.29, 1.82) is 0 Å². The van der Waals surface area contributed by atoms with Crippen molar-refractivity contribution in [2.45, 2.75) is 26.2 Å². The fourth-order valence-corrected chi connectivity index (χ4v) is 1.67. The monoisotopic (exact) mass is 255 g/mol. The smallest absolute Gasteiger partial charge is 0.253 e. The molecule has 1 aromatic rings. The largest absolute Gasteiger partial charge is 0.352 e. The fraction of sp³-hybridized carbons (Fsp3) is 0.417. The van der Waals surface area contributed by atoms with Gasteiger partial charge in [-0.15, -0.1) is 0 Å². The Hall–Kier alpha value is -1.26. The highest BCUT2D eigenvalue weighted by Crippen LogP contribution is 2.19. The molecular weight excluding hydrogens is 238 g/mol. The van der Waals surface area contributed by atoms with Crippen LogP contribution < -0.4 is 16.6 Å². The predicted molar refractivity (Wildman–Crippen MR) is 71.1 cm³/mol. The Morgan fingerprint density at radius 2 is 2.18 bits per heavy atom. The van der Waals surface area contributed by atoms with Crippen LogP contribution in [0.4, 0.5) is 5.69 Å². The van der Waals surface area contributed by atoms with Crippen LogP contribution in [-0.4, -0.2) is 12.5 Å². The van der Waals surface area contributed by atoms with Gasteiger partial charge in [0.1, 0.15) is 0 Å². The molecule has 4 N–H and O–H groups in total. The fourth-order valence-electron chi connectivity index (χ4n) is 1.50. The van der Waals surface area contributed by atoms with E-state index in [1.165, 1.54) is 0 Å². The van der Waals surface area contributed by atoms with Crippen LogP contribution in [0.5, 0.6) is 0 Å². The first-order chi connectivity index (χ1) is 8.19. The van der Waals surface area contributed by atoms with Crippen molar-refractivity contribution < 1.29 is 4.79 Å². The molecule has 94 valence electrons. The maximum atomic E-state index is 11.9. The van der Waals surface area contributed by atoms with E-state index in [9.17, 15) is 4.79 Å². The second-order valence-corrected chi connectivity index (χ2v) is 4.23.